The maximum atomic E-state index is 13.4. The Morgan fingerprint density at radius 2 is 1.89 bits per heavy atom. The van der Waals surface area contributed by atoms with Crippen LogP contribution >= 0.6 is 15.9 Å². The Morgan fingerprint density at radius 1 is 1.26 bits per heavy atom. The molecule has 1 aromatic carbocycles. The molecule has 2 aliphatic rings. The molecule has 0 aliphatic carbocycles. The highest BCUT2D eigenvalue weighted by Crippen LogP contribution is 2.37. The van der Waals surface area contributed by atoms with Gasteiger partial charge >= 0.3 is 0 Å². The lowest BCUT2D eigenvalue weighted by Crippen LogP contribution is -2.48. The van der Waals surface area contributed by atoms with Gasteiger partial charge in [0, 0.05) is 22.1 Å². The fourth-order valence-electron chi connectivity index (χ4n) is 3.31. The second kappa shape index (κ2) is 4.87. The van der Waals surface area contributed by atoms with Crippen molar-refractivity contribution in [1.82, 2.24) is 4.90 Å². The molecule has 5 heteroatoms. The molecule has 2 unspecified atom stereocenters. The number of hydrogen-bond donors (Lipinski definition) is 1. The first-order valence-electron chi connectivity index (χ1n) is 6.51. The summed E-state index contributed by atoms with van der Waals surface area (Å²) >= 11 is 3.21. The number of aliphatic hydroxyl groups is 1. The molecule has 2 bridgehead atoms. The number of carbonyl (C=O) groups excluding carboxylic acids is 1. The quantitative estimate of drug-likeness (QED) is 0.861. The van der Waals surface area contributed by atoms with E-state index in [-0.39, 0.29) is 24.1 Å². The van der Waals surface area contributed by atoms with Crippen molar-refractivity contribution >= 4 is 21.8 Å². The minimum absolute atomic E-state index is 0.100. The molecule has 3 rings (SSSR count). The fraction of sp³-hybridized carbons (Fsp3) is 0.500. The summed E-state index contributed by atoms with van der Waals surface area (Å²) in [5.41, 5.74) is 0.375. The van der Waals surface area contributed by atoms with Gasteiger partial charge in [-0.2, -0.15) is 0 Å². The van der Waals surface area contributed by atoms with E-state index in [1.165, 1.54) is 12.1 Å². The van der Waals surface area contributed by atoms with E-state index in [1.54, 1.807) is 6.07 Å². The van der Waals surface area contributed by atoms with Gasteiger partial charge in [0.05, 0.1) is 6.10 Å². The molecular weight excluding hydrogens is 313 g/mol. The molecule has 2 fully saturated rings. The number of hydrogen-bond acceptors (Lipinski definition) is 2. The highest BCUT2D eigenvalue weighted by atomic mass is 79.9. The zero-order chi connectivity index (χ0) is 13.6. The Morgan fingerprint density at radius 3 is 2.47 bits per heavy atom. The van der Waals surface area contributed by atoms with Crippen LogP contribution in [0, 0.1) is 5.82 Å². The summed E-state index contributed by atoms with van der Waals surface area (Å²) in [5, 5.41) is 9.74. The van der Waals surface area contributed by atoms with Gasteiger partial charge in [0.1, 0.15) is 5.82 Å². The second-order valence-corrected chi connectivity index (χ2v) is 6.30. The third-order valence-corrected chi connectivity index (χ3v) is 4.51. The van der Waals surface area contributed by atoms with E-state index in [1.807, 2.05) is 4.90 Å². The molecule has 1 N–H and O–H groups in total. The van der Waals surface area contributed by atoms with Gasteiger partial charge in [-0.15, -0.1) is 0 Å². The summed E-state index contributed by atoms with van der Waals surface area (Å²) in [6.07, 6.45) is 2.84. The Hall–Kier alpha value is -0.940. The molecule has 2 atom stereocenters. The highest BCUT2D eigenvalue weighted by molar-refractivity contribution is 9.10. The molecule has 0 spiro atoms. The molecule has 0 saturated carbocycles. The zero-order valence-corrected chi connectivity index (χ0v) is 11.9. The van der Waals surface area contributed by atoms with Gasteiger partial charge in [-0.1, -0.05) is 15.9 Å². The first-order valence-corrected chi connectivity index (χ1v) is 7.30. The molecule has 1 amide bonds. The van der Waals surface area contributed by atoms with Crippen LogP contribution in [0.1, 0.15) is 36.0 Å². The van der Waals surface area contributed by atoms with Crippen LogP contribution < -0.4 is 0 Å². The minimum atomic E-state index is -0.415. The number of halogens is 2. The maximum Gasteiger partial charge on any atom is 0.254 e. The van der Waals surface area contributed by atoms with Crippen molar-refractivity contribution in [3.63, 3.8) is 0 Å². The lowest BCUT2D eigenvalue weighted by atomic mass is 9.98. The van der Waals surface area contributed by atoms with Crippen LogP contribution in [0.25, 0.3) is 0 Å². The Balaban J connectivity index is 1.88. The topological polar surface area (TPSA) is 40.5 Å². The van der Waals surface area contributed by atoms with Crippen molar-refractivity contribution in [2.75, 3.05) is 0 Å². The van der Waals surface area contributed by atoms with Gasteiger partial charge in [-0.05, 0) is 43.9 Å². The Kier molecular flexibility index (Phi) is 3.35. The Bertz CT molecular complexity index is 488. The van der Waals surface area contributed by atoms with Gasteiger partial charge in [0.15, 0.2) is 0 Å². The molecular formula is C14H15BrFNO2. The van der Waals surface area contributed by atoms with Crippen LogP contribution in [0.15, 0.2) is 22.7 Å². The number of nitrogens with zero attached hydrogens (tertiary/aromatic N) is 1. The van der Waals surface area contributed by atoms with E-state index < -0.39 is 5.82 Å². The third kappa shape index (κ3) is 2.41. The van der Waals surface area contributed by atoms with E-state index in [0.717, 1.165) is 12.8 Å². The molecule has 3 nitrogen and oxygen atoms in total. The SMILES string of the molecule is O=C(c1cc(F)cc(Br)c1)N1C2CCC1CC(O)C2. The van der Waals surface area contributed by atoms with Crippen molar-refractivity contribution < 1.29 is 14.3 Å². The highest BCUT2D eigenvalue weighted by Gasteiger charge is 2.42. The van der Waals surface area contributed by atoms with Crippen molar-refractivity contribution in [2.45, 2.75) is 43.9 Å². The lowest BCUT2D eigenvalue weighted by Gasteiger charge is -2.37. The lowest BCUT2D eigenvalue weighted by molar-refractivity contribution is 0.0286. The predicted octanol–water partition coefficient (Wildman–Crippen LogP) is 2.72. The molecule has 1 aromatic rings. The van der Waals surface area contributed by atoms with E-state index in [4.69, 9.17) is 0 Å². The number of fused-ring (bicyclic) bond motifs is 2. The van der Waals surface area contributed by atoms with Gasteiger partial charge in [-0.3, -0.25) is 4.79 Å². The van der Waals surface area contributed by atoms with E-state index in [2.05, 4.69) is 15.9 Å². The van der Waals surface area contributed by atoms with Gasteiger partial charge in [0.2, 0.25) is 0 Å². The van der Waals surface area contributed by atoms with Crippen molar-refractivity contribution in [2.24, 2.45) is 0 Å². The van der Waals surface area contributed by atoms with E-state index in [0.29, 0.717) is 22.9 Å². The van der Waals surface area contributed by atoms with Crippen LogP contribution in [0.4, 0.5) is 4.39 Å². The summed E-state index contributed by atoms with van der Waals surface area (Å²) in [6.45, 7) is 0. The third-order valence-electron chi connectivity index (χ3n) is 4.05. The van der Waals surface area contributed by atoms with Crippen LogP contribution in [0.5, 0.6) is 0 Å². The Labute approximate surface area is 119 Å². The van der Waals surface area contributed by atoms with Gasteiger partial charge in [-0.25, -0.2) is 4.39 Å². The number of benzene rings is 1. The van der Waals surface area contributed by atoms with Crippen molar-refractivity contribution in [1.29, 1.82) is 0 Å². The molecule has 102 valence electrons. The van der Waals surface area contributed by atoms with Crippen molar-refractivity contribution in [3.05, 3.63) is 34.1 Å². The standard InChI is InChI=1S/C14H15BrFNO2/c15-9-3-8(4-10(16)5-9)14(19)17-11-1-2-12(17)7-13(18)6-11/h3-5,11-13,18H,1-2,6-7H2. The fourth-order valence-corrected chi connectivity index (χ4v) is 3.77. The maximum absolute atomic E-state index is 13.4. The van der Waals surface area contributed by atoms with Crippen LogP contribution in [0.3, 0.4) is 0 Å². The summed E-state index contributed by atoms with van der Waals surface area (Å²) in [6, 6.07) is 4.46. The average molecular weight is 328 g/mol. The number of piperidine rings is 1. The molecule has 19 heavy (non-hydrogen) atoms. The van der Waals surface area contributed by atoms with E-state index >= 15 is 0 Å². The first-order chi connectivity index (χ1) is 9.04. The first kappa shape index (κ1) is 13.1. The number of amides is 1. The minimum Gasteiger partial charge on any atom is -0.393 e. The summed E-state index contributed by atoms with van der Waals surface area (Å²) in [4.78, 5) is 14.4. The van der Waals surface area contributed by atoms with Gasteiger partial charge < -0.3 is 10.0 Å². The molecule has 2 heterocycles. The molecule has 0 aromatic heterocycles. The van der Waals surface area contributed by atoms with Crippen LogP contribution in [-0.2, 0) is 0 Å². The summed E-state index contributed by atoms with van der Waals surface area (Å²) in [7, 11) is 0. The summed E-state index contributed by atoms with van der Waals surface area (Å²) < 4.78 is 14.0. The molecule has 2 aliphatic heterocycles. The van der Waals surface area contributed by atoms with Crippen LogP contribution in [0.2, 0.25) is 0 Å². The predicted molar refractivity (Wildman–Crippen MR) is 72.3 cm³/mol. The molecule has 2 saturated heterocycles. The van der Waals surface area contributed by atoms with Crippen molar-refractivity contribution in [3.8, 4) is 0 Å². The smallest absolute Gasteiger partial charge is 0.254 e. The van der Waals surface area contributed by atoms with Gasteiger partial charge in [0.25, 0.3) is 5.91 Å². The molecule has 0 radical (unpaired) electrons. The number of rotatable bonds is 1. The largest absolute Gasteiger partial charge is 0.393 e. The normalized spacial score (nSPS) is 29.6. The monoisotopic (exact) mass is 327 g/mol. The average Bonchev–Trinajstić information content (AvgIpc) is 2.59. The number of carbonyl (C=O) groups is 1. The second-order valence-electron chi connectivity index (χ2n) is 5.38. The zero-order valence-electron chi connectivity index (χ0n) is 10.4. The number of aliphatic hydroxyl groups excluding tert-OH is 1. The van der Waals surface area contributed by atoms with Crippen LogP contribution in [-0.4, -0.2) is 34.1 Å². The van der Waals surface area contributed by atoms with E-state index in [9.17, 15) is 14.3 Å². The summed E-state index contributed by atoms with van der Waals surface area (Å²) in [5.74, 6) is -0.540.